The highest BCUT2D eigenvalue weighted by Crippen LogP contribution is 2.31. The van der Waals surface area contributed by atoms with E-state index in [2.05, 4.69) is 15.6 Å². The molecule has 2 aromatic carbocycles. The van der Waals surface area contributed by atoms with Crippen molar-refractivity contribution in [3.8, 4) is 0 Å². The van der Waals surface area contributed by atoms with Gasteiger partial charge in [-0.3, -0.25) is 4.79 Å². The molecule has 0 aliphatic carbocycles. The number of benzene rings is 2. The first-order chi connectivity index (χ1) is 14.3. The van der Waals surface area contributed by atoms with Crippen LogP contribution >= 0.6 is 0 Å². The van der Waals surface area contributed by atoms with Crippen LogP contribution < -0.4 is 10.2 Å². The molecule has 3 aromatic rings. The number of piperidine rings is 1. The van der Waals surface area contributed by atoms with Crippen molar-refractivity contribution in [2.75, 3.05) is 25.0 Å². The summed E-state index contributed by atoms with van der Waals surface area (Å²) in [6, 6.07) is 11.3. The second kappa shape index (κ2) is 8.06. The van der Waals surface area contributed by atoms with Gasteiger partial charge in [-0.25, -0.2) is 4.68 Å². The number of hydrogen-bond donors (Lipinski definition) is 2. The molecule has 30 heavy (non-hydrogen) atoms. The van der Waals surface area contributed by atoms with E-state index < -0.39 is 11.7 Å². The van der Waals surface area contributed by atoms with Crippen molar-refractivity contribution in [3.63, 3.8) is 0 Å². The largest absolute Gasteiger partial charge is 0.416 e. The Hall–Kier alpha value is -2.94. The van der Waals surface area contributed by atoms with Crippen LogP contribution in [0.2, 0.25) is 0 Å². The lowest BCUT2D eigenvalue weighted by Crippen LogP contribution is -3.14. The van der Waals surface area contributed by atoms with Crippen LogP contribution in [0.3, 0.4) is 0 Å². The highest BCUT2D eigenvalue weighted by molar-refractivity contribution is 5.91. The van der Waals surface area contributed by atoms with Crippen LogP contribution in [0.25, 0.3) is 11.0 Å². The van der Waals surface area contributed by atoms with Crippen LogP contribution in [-0.4, -0.2) is 40.5 Å². The van der Waals surface area contributed by atoms with Gasteiger partial charge in [-0.1, -0.05) is 17.3 Å². The molecule has 0 spiro atoms. The molecule has 1 amide bonds. The smallest absolute Gasteiger partial charge is 0.327 e. The number of alkyl halides is 3. The number of carbonyl (C=O) groups excluding carboxylic acids is 1. The van der Waals surface area contributed by atoms with Crippen molar-refractivity contribution in [1.29, 1.82) is 0 Å². The number of fused-ring (bicyclic) bond motifs is 1. The second-order valence-corrected chi connectivity index (χ2v) is 7.81. The van der Waals surface area contributed by atoms with E-state index in [1.807, 2.05) is 31.2 Å². The number of likely N-dealkylation sites (tertiary alicyclic amines) is 1. The lowest BCUT2D eigenvalue weighted by atomic mass is 10.0. The molecule has 1 saturated heterocycles. The third-order valence-corrected chi connectivity index (χ3v) is 5.52. The number of halogens is 3. The van der Waals surface area contributed by atoms with Gasteiger partial charge < -0.3 is 10.2 Å². The molecule has 2 heterocycles. The van der Waals surface area contributed by atoms with E-state index in [4.69, 9.17) is 0 Å². The van der Waals surface area contributed by atoms with Gasteiger partial charge in [0.2, 0.25) is 0 Å². The van der Waals surface area contributed by atoms with Gasteiger partial charge in [0.15, 0.2) is 6.54 Å². The van der Waals surface area contributed by atoms with Gasteiger partial charge in [-0.2, -0.15) is 13.2 Å². The summed E-state index contributed by atoms with van der Waals surface area (Å²) < 4.78 is 40.4. The van der Waals surface area contributed by atoms with Gasteiger partial charge in [-0.05, 0) is 42.8 Å². The normalized spacial score (nSPS) is 19.7. The molecule has 1 aromatic heterocycles. The Balaban J connectivity index is 1.36. The van der Waals surface area contributed by atoms with E-state index in [9.17, 15) is 18.0 Å². The minimum absolute atomic E-state index is 0.0278. The zero-order chi connectivity index (χ0) is 21.3. The minimum atomic E-state index is -4.40. The summed E-state index contributed by atoms with van der Waals surface area (Å²) in [5, 5.41) is 11.0. The maximum atomic E-state index is 12.9. The van der Waals surface area contributed by atoms with Crippen molar-refractivity contribution in [1.82, 2.24) is 15.0 Å². The predicted octanol–water partition coefficient (Wildman–Crippen LogP) is 2.62. The summed E-state index contributed by atoms with van der Waals surface area (Å²) in [6.07, 6.45) is -2.83. The quantitative estimate of drug-likeness (QED) is 0.685. The van der Waals surface area contributed by atoms with Gasteiger partial charge in [-0.15, -0.1) is 5.10 Å². The summed E-state index contributed by atoms with van der Waals surface area (Å²) in [5.74, 6) is -0.0278. The van der Waals surface area contributed by atoms with E-state index in [0.717, 1.165) is 49.3 Å². The lowest BCUT2D eigenvalue weighted by Gasteiger charge is -2.29. The first-order valence-electron chi connectivity index (χ1n) is 9.92. The molecule has 9 heteroatoms. The molecule has 0 bridgehead atoms. The van der Waals surface area contributed by atoms with Crippen LogP contribution in [0.15, 0.2) is 42.5 Å². The molecular weight excluding hydrogens is 395 g/mol. The highest BCUT2D eigenvalue weighted by Gasteiger charge is 2.32. The van der Waals surface area contributed by atoms with Gasteiger partial charge in [0.1, 0.15) is 5.52 Å². The Labute approximate surface area is 171 Å². The number of aromatic nitrogens is 3. The van der Waals surface area contributed by atoms with Gasteiger partial charge in [0, 0.05) is 18.5 Å². The van der Waals surface area contributed by atoms with Crippen molar-refractivity contribution in [2.24, 2.45) is 0 Å². The van der Waals surface area contributed by atoms with Crippen LogP contribution in [0.1, 0.15) is 30.0 Å². The molecule has 0 unspecified atom stereocenters. The molecule has 0 saturated carbocycles. The molecule has 1 aliphatic heterocycles. The third kappa shape index (κ3) is 4.46. The molecule has 1 aliphatic rings. The third-order valence-electron chi connectivity index (χ3n) is 5.52. The highest BCUT2D eigenvalue weighted by atomic mass is 19.4. The fourth-order valence-corrected chi connectivity index (χ4v) is 3.98. The number of quaternary nitrogens is 1. The van der Waals surface area contributed by atoms with Gasteiger partial charge in [0.25, 0.3) is 5.91 Å². The maximum Gasteiger partial charge on any atom is 0.416 e. The molecule has 6 nitrogen and oxygen atoms in total. The van der Waals surface area contributed by atoms with Crippen LogP contribution in [0.4, 0.5) is 18.9 Å². The van der Waals surface area contributed by atoms with E-state index in [1.54, 1.807) is 4.68 Å². The monoisotopic (exact) mass is 418 g/mol. The summed E-state index contributed by atoms with van der Waals surface area (Å²) >= 11 is 0. The lowest BCUT2D eigenvalue weighted by molar-refractivity contribution is -0.897. The Bertz CT molecular complexity index is 1050. The molecule has 158 valence electrons. The van der Waals surface area contributed by atoms with E-state index in [0.29, 0.717) is 12.1 Å². The first-order valence-corrected chi connectivity index (χ1v) is 9.92. The Kier molecular flexibility index (Phi) is 5.46. The number of nitrogens with zero attached hydrogens (tertiary/aromatic N) is 3. The molecule has 1 fully saturated rings. The topological polar surface area (TPSA) is 64.2 Å². The molecule has 2 N–H and O–H groups in total. The Morgan fingerprint density at radius 1 is 1.20 bits per heavy atom. The predicted molar refractivity (Wildman–Crippen MR) is 106 cm³/mol. The summed E-state index contributed by atoms with van der Waals surface area (Å²) in [4.78, 5) is 13.5. The van der Waals surface area contributed by atoms with Crippen molar-refractivity contribution in [2.45, 2.75) is 32.0 Å². The Morgan fingerprint density at radius 3 is 2.67 bits per heavy atom. The fraction of sp³-hybridized carbons (Fsp3) is 0.381. The van der Waals surface area contributed by atoms with Crippen LogP contribution in [0, 0.1) is 6.92 Å². The number of hydrogen-bond acceptors (Lipinski definition) is 3. The fourth-order valence-electron chi connectivity index (χ4n) is 3.98. The van der Waals surface area contributed by atoms with Crippen molar-refractivity contribution < 1.29 is 22.9 Å². The second-order valence-electron chi connectivity index (χ2n) is 7.81. The van der Waals surface area contributed by atoms with Crippen LogP contribution in [0.5, 0.6) is 0 Å². The average molecular weight is 418 g/mol. The zero-order valence-corrected chi connectivity index (χ0v) is 16.5. The molecule has 4 rings (SSSR count). The zero-order valence-electron chi connectivity index (χ0n) is 16.5. The minimum Gasteiger partial charge on any atom is -0.327 e. The summed E-state index contributed by atoms with van der Waals surface area (Å²) in [6.45, 7) is 3.93. The number of rotatable bonds is 4. The first kappa shape index (κ1) is 20.3. The SMILES string of the molecule is Cc1cccc(NC(=O)C[NH+]2CCC(n3nnc4cc(C(F)(F)F)ccc43)CC2)c1. The van der Waals surface area contributed by atoms with Crippen molar-refractivity contribution >= 4 is 22.6 Å². The standard InChI is InChI=1S/C21H22F3N5O/c1-14-3-2-4-16(11-14)25-20(30)13-28-9-7-17(8-10-28)29-19-6-5-15(21(22,23)24)12-18(19)26-27-29/h2-6,11-12,17H,7-10,13H2,1H3,(H,25,30)/p+1. The number of anilines is 1. The number of nitrogens with one attached hydrogen (secondary N) is 2. The van der Waals surface area contributed by atoms with Crippen molar-refractivity contribution in [3.05, 3.63) is 53.6 Å². The van der Waals surface area contributed by atoms with Gasteiger partial charge in [0.05, 0.1) is 30.2 Å². The van der Waals surface area contributed by atoms with E-state index in [1.165, 1.54) is 11.0 Å². The molecular formula is C21H23F3N5O+. The molecule has 0 radical (unpaired) electrons. The number of amides is 1. The average Bonchev–Trinajstić information content (AvgIpc) is 3.11. The van der Waals surface area contributed by atoms with E-state index >= 15 is 0 Å². The van der Waals surface area contributed by atoms with Crippen LogP contribution in [-0.2, 0) is 11.0 Å². The Morgan fingerprint density at radius 2 is 1.97 bits per heavy atom. The summed E-state index contributed by atoms with van der Waals surface area (Å²) in [7, 11) is 0. The maximum absolute atomic E-state index is 12.9. The molecule has 0 atom stereocenters. The summed E-state index contributed by atoms with van der Waals surface area (Å²) in [5.41, 5.74) is 2.01. The van der Waals surface area contributed by atoms with Gasteiger partial charge >= 0.3 is 6.18 Å². The van der Waals surface area contributed by atoms with E-state index in [-0.39, 0.29) is 17.5 Å². The number of carbonyl (C=O) groups is 1. The number of aryl methyl sites for hydroxylation is 1.